The van der Waals surface area contributed by atoms with E-state index in [2.05, 4.69) is 6.92 Å². The molecule has 1 saturated carbocycles. The van der Waals surface area contributed by atoms with Crippen molar-refractivity contribution in [2.45, 2.75) is 76.8 Å². The second-order valence-corrected chi connectivity index (χ2v) is 7.26. The van der Waals surface area contributed by atoms with Gasteiger partial charge < -0.3 is 14.2 Å². The van der Waals surface area contributed by atoms with Gasteiger partial charge in [0, 0.05) is 25.4 Å². The van der Waals surface area contributed by atoms with Crippen LogP contribution in [0.4, 0.5) is 0 Å². The van der Waals surface area contributed by atoms with Crippen LogP contribution in [0.1, 0.15) is 52.9 Å². The number of ether oxygens (including phenoxy) is 3. The lowest BCUT2D eigenvalue weighted by Crippen LogP contribution is -2.68. The predicted molar refractivity (Wildman–Crippen MR) is 73.9 cm³/mol. The highest BCUT2D eigenvalue weighted by atomic mass is 17.3. The Bertz CT molecular complexity index is 411. The zero-order valence-electron chi connectivity index (χ0n) is 13.2. The summed E-state index contributed by atoms with van der Waals surface area (Å²) in [5, 5.41) is 0. The Hall–Kier alpha value is -0.200. The molecule has 7 unspecified atom stereocenters. The maximum atomic E-state index is 6.20. The Balaban J connectivity index is 1.71. The van der Waals surface area contributed by atoms with Gasteiger partial charge in [-0.05, 0) is 44.9 Å². The van der Waals surface area contributed by atoms with E-state index in [1.165, 1.54) is 6.42 Å². The Kier molecular flexibility index (Phi) is 3.36. The molecule has 120 valence electrons. The molecule has 5 heteroatoms. The summed E-state index contributed by atoms with van der Waals surface area (Å²) in [6, 6.07) is 0. The summed E-state index contributed by atoms with van der Waals surface area (Å²) in [6.45, 7) is 6.93. The highest BCUT2D eigenvalue weighted by Gasteiger charge is 2.67. The second kappa shape index (κ2) is 4.90. The fraction of sp³-hybridized carbons (Fsp3) is 1.00. The van der Waals surface area contributed by atoms with Crippen LogP contribution >= 0.6 is 0 Å². The minimum absolute atomic E-state index is 0.184. The summed E-state index contributed by atoms with van der Waals surface area (Å²) in [7, 11) is 0. The monoisotopic (exact) mass is 298 g/mol. The SMILES string of the molecule is CCOC1CC2CCC(C)C3CCC4(C)OOC23C(O1)O4. The van der Waals surface area contributed by atoms with Gasteiger partial charge in [0.2, 0.25) is 5.79 Å². The van der Waals surface area contributed by atoms with Crippen molar-refractivity contribution in [3.05, 3.63) is 0 Å². The van der Waals surface area contributed by atoms with Crippen molar-refractivity contribution >= 4 is 0 Å². The van der Waals surface area contributed by atoms with Crippen LogP contribution in [-0.4, -0.2) is 30.6 Å². The van der Waals surface area contributed by atoms with Crippen molar-refractivity contribution in [1.82, 2.24) is 0 Å². The molecule has 4 aliphatic heterocycles. The average Bonchev–Trinajstić information content (AvgIpc) is 2.68. The molecule has 0 aromatic heterocycles. The molecule has 1 spiro atoms. The van der Waals surface area contributed by atoms with Gasteiger partial charge in [-0.2, -0.15) is 0 Å². The summed E-state index contributed by atoms with van der Waals surface area (Å²) in [4.78, 5) is 11.7. The van der Waals surface area contributed by atoms with Gasteiger partial charge in [-0.3, -0.25) is 0 Å². The first-order valence-corrected chi connectivity index (χ1v) is 8.39. The first-order valence-electron chi connectivity index (χ1n) is 8.39. The molecule has 0 amide bonds. The Morgan fingerprint density at radius 3 is 2.86 bits per heavy atom. The number of hydrogen-bond donors (Lipinski definition) is 0. The first-order chi connectivity index (χ1) is 10.1. The molecule has 5 fully saturated rings. The third kappa shape index (κ3) is 2.01. The number of fused-ring (bicyclic) bond motifs is 2. The molecule has 4 saturated heterocycles. The van der Waals surface area contributed by atoms with E-state index in [0.29, 0.717) is 24.4 Å². The topological polar surface area (TPSA) is 46.2 Å². The molecule has 5 rings (SSSR count). The van der Waals surface area contributed by atoms with Crippen molar-refractivity contribution in [2.75, 3.05) is 6.61 Å². The quantitative estimate of drug-likeness (QED) is 0.733. The van der Waals surface area contributed by atoms with Crippen molar-refractivity contribution in [3.8, 4) is 0 Å². The zero-order valence-corrected chi connectivity index (χ0v) is 13.2. The van der Waals surface area contributed by atoms with Gasteiger partial charge >= 0.3 is 0 Å². The molecule has 21 heavy (non-hydrogen) atoms. The molecular formula is C16H26O5. The molecule has 0 aromatic carbocycles. The Morgan fingerprint density at radius 2 is 2.05 bits per heavy atom. The number of rotatable bonds is 2. The van der Waals surface area contributed by atoms with Gasteiger partial charge in [0.05, 0.1) is 0 Å². The molecule has 5 aliphatic rings. The van der Waals surface area contributed by atoms with Crippen molar-refractivity contribution in [2.24, 2.45) is 17.8 Å². The van der Waals surface area contributed by atoms with Crippen molar-refractivity contribution < 1.29 is 24.0 Å². The first kappa shape index (κ1) is 14.4. The van der Waals surface area contributed by atoms with Gasteiger partial charge in [0.25, 0.3) is 0 Å². The molecule has 7 atom stereocenters. The van der Waals surface area contributed by atoms with Crippen LogP contribution in [0.15, 0.2) is 0 Å². The standard InChI is InChI=1S/C16H26O5/c1-4-17-13-9-11-6-5-10(2)12-7-8-15(3)19-14(18-13)16(11,12)21-20-15/h10-14H,4-9H2,1-3H3. The molecule has 0 N–H and O–H groups in total. The number of hydrogen-bond acceptors (Lipinski definition) is 5. The van der Waals surface area contributed by atoms with Gasteiger partial charge in [-0.1, -0.05) is 6.92 Å². The highest BCUT2D eigenvalue weighted by molar-refractivity contribution is 5.07. The van der Waals surface area contributed by atoms with Gasteiger partial charge in [-0.15, -0.1) is 0 Å². The summed E-state index contributed by atoms with van der Waals surface area (Å²) in [5.41, 5.74) is -0.443. The average molecular weight is 298 g/mol. The van der Waals surface area contributed by atoms with Crippen LogP contribution in [0.25, 0.3) is 0 Å². The van der Waals surface area contributed by atoms with E-state index in [9.17, 15) is 0 Å². The molecule has 1 aliphatic carbocycles. The second-order valence-electron chi connectivity index (χ2n) is 7.26. The molecule has 2 bridgehead atoms. The van der Waals surface area contributed by atoms with Crippen molar-refractivity contribution in [3.63, 3.8) is 0 Å². The van der Waals surface area contributed by atoms with E-state index >= 15 is 0 Å². The molecule has 0 aromatic rings. The van der Waals surface area contributed by atoms with E-state index in [1.54, 1.807) is 0 Å². The minimum Gasteiger partial charge on any atom is -0.353 e. The smallest absolute Gasteiger partial charge is 0.201 e. The summed E-state index contributed by atoms with van der Waals surface area (Å²) >= 11 is 0. The molecule has 4 heterocycles. The molecule has 5 nitrogen and oxygen atoms in total. The maximum Gasteiger partial charge on any atom is 0.201 e. The third-order valence-corrected chi connectivity index (χ3v) is 5.98. The lowest BCUT2D eigenvalue weighted by atomic mass is 9.60. The van der Waals surface area contributed by atoms with Crippen LogP contribution in [0, 0.1) is 17.8 Å². The van der Waals surface area contributed by atoms with E-state index < -0.39 is 11.4 Å². The minimum atomic E-state index is -0.689. The van der Waals surface area contributed by atoms with Crippen LogP contribution in [0.3, 0.4) is 0 Å². The largest absolute Gasteiger partial charge is 0.353 e. The van der Waals surface area contributed by atoms with Gasteiger partial charge in [-0.25, -0.2) is 9.78 Å². The van der Waals surface area contributed by atoms with Gasteiger partial charge in [0.1, 0.15) is 0 Å². The lowest BCUT2D eigenvalue weighted by Gasteiger charge is -2.58. The zero-order chi connectivity index (χ0) is 14.7. The van der Waals surface area contributed by atoms with Crippen LogP contribution in [0.5, 0.6) is 0 Å². The van der Waals surface area contributed by atoms with Crippen LogP contribution in [-0.2, 0) is 24.0 Å². The van der Waals surface area contributed by atoms with E-state index in [1.807, 2.05) is 13.8 Å². The lowest BCUT2D eigenvalue weighted by molar-refractivity contribution is -0.573. The normalized spacial score (nSPS) is 55.9. The van der Waals surface area contributed by atoms with Crippen LogP contribution < -0.4 is 0 Å². The molecule has 0 radical (unpaired) electrons. The summed E-state index contributed by atoms with van der Waals surface area (Å²) < 4.78 is 18.1. The van der Waals surface area contributed by atoms with E-state index in [0.717, 1.165) is 25.7 Å². The maximum absolute atomic E-state index is 6.20. The Labute approximate surface area is 126 Å². The molecular weight excluding hydrogens is 272 g/mol. The predicted octanol–water partition coefficient (Wildman–Crippen LogP) is 2.98. The van der Waals surface area contributed by atoms with Gasteiger partial charge in [0.15, 0.2) is 18.2 Å². The Morgan fingerprint density at radius 1 is 1.19 bits per heavy atom. The fourth-order valence-corrected chi connectivity index (χ4v) is 4.86. The summed E-state index contributed by atoms with van der Waals surface area (Å²) in [5.74, 6) is 0.750. The van der Waals surface area contributed by atoms with E-state index in [4.69, 9.17) is 24.0 Å². The third-order valence-electron chi connectivity index (χ3n) is 5.98. The highest BCUT2D eigenvalue weighted by Crippen LogP contribution is 2.59. The van der Waals surface area contributed by atoms with Crippen LogP contribution in [0.2, 0.25) is 0 Å². The van der Waals surface area contributed by atoms with Crippen molar-refractivity contribution in [1.29, 1.82) is 0 Å². The van der Waals surface area contributed by atoms with E-state index in [-0.39, 0.29) is 12.6 Å². The summed E-state index contributed by atoms with van der Waals surface area (Å²) in [6.07, 6.45) is 4.62. The fourth-order valence-electron chi connectivity index (χ4n) is 4.86.